The molecule has 4 N–H and O–H groups in total. The third-order valence-electron chi connectivity index (χ3n) is 2.21. The van der Waals surface area contributed by atoms with Gasteiger partial charge in [0.1, 0.15) is 0 Å². The molecule has 0 radical (unpaired) electrons. The first-order valence-electron chi connectivity index (χ1n) is 4.75. The minimum absolute atomic E-state index is 0. The summed E-state index contributed by atoms with van der Waals surface area (Å²) in [5.74, 6) is 0. The molecule has 0 amide bonds. The van der Waals surface area contributed by atoms with Gasteiger partial charge < -0.3 is 11.5 Å². The number of halogens is 1. The van der Waals surface area contributed by atoms with Gasteiger partial charge >= 0.3 is 0 Å². The van der Waals surface area contributed by atoms with E-state index >= 15 is 0 Å². The van der Waals surface area contributed by atoms with Gasteiger partial charge in [-0.25, -0.2) is 0 Å². The van der Waals surface area contributed by atoms with Crippen molar-refractivity contribution < 1.29 is 0 Å². The van der Waals surface area contributed by atoms with E-state index in [1.165, 1.54) is 10.4 Å². The predicted molar refractivity (Wildman–Crippen MR) is 66.1 cm³/mol. The highest BCUT2D eigenvalue weighted by atomic mass is 35.5. The first kappa shape index (κ1) is 13.9. The van der Waals surface area contributed by atoms with Crippen LogP contribution < -0.4 is 11.5 Å². The monoisotopic (exact) mass is 234 g/mol. The van der Waals surface area contributed by atoms with Crippen LogP contribution in [0.1, 0.15) is 35.7 Å². The number of hydrogen-bond donors (Lipinski definition) is 2. The van der Waals surface area contributed by atoms with Crippen molar-refractivity contribution in [3.05, 3.63) is 21.9 Å². The van der Waals surface area contributed by atoms with E-state index < -0.39 is 0 Å². The van der Waals surface area contributed by atoms with Crippen LogP contribution in [0.5, 0.6) is 0 Å². The zero-order valence-electron chi connectivity index (χ0n) is 8.53. The van der Waals surface area contributed by atoms with Gasteiger partial charge in [0.15, 0.2) is 0 Å². The Morgan fingerprint density at radius 1 is 1.43 bits per heavy atom. The minimum Gasteiger partial charge on any atom is -0.330 e. The molecule has 82 valence electrons. The van der Waals surface area contributed by atoms with Crippen LogP contribution in [0.3, 0.4) is 0 Å². The molecule has 0 unspecified atom stereocenters. The topological polar surface area (TPSA) is 52.0 Å². The molecular formula is C10H19ClN2S. The lowest BCUT2D eigenvalue weighted by Gasteiger charge is -2.10. The highest BCUT2D eigenvalue weighted by Crippen LogP contribution is 2.25. The number of rotatable bonds is 5. The Kier molecular flexibility index (Phi) is 7.19. The van der Waals surface area contributed by atoms with E-state index in [0.29, 0.717) is 0 Å². The van der Waals surface area contributed by atoms with Gasteiger partial charge in [0.05, 0.1) is 0 Å². The Hall–Kier alpha value is -0.0900. The predicted octanol–water partition coefficient (Wildman–Crippen LogP) is 2.61. The molecule has 0 fully saturated rings. The van der Waals surface area contributed by atoms with Gasteiger partial charge in [-0.1, -0.05) is 6.42 Å². The Labute approximate surface area is 96.1 Å². The van der Waals surface area contributed by atoms with Crippen molar-refractivity contribution in [3.8, 4) is 0 Å². The standard InChI is InChI=1S/C10H18N2S.ClH/c1-8-5-7-13-10(8)9(12)4-2-3-6-11;/h5,7,9H,2-4,6,11-12H2,1H3;1H/t9-;/m1./s1. The van der Waals surface area contributed by atoms with Crippen LogP contribution in [0.2, 0.25) is 0 Å². The third-order valence-corrected chi connectivity index (χ3v) is 3.36. The van der Waals surface area contributed by atoms with Crippen LogP contribution in [-0.4, -0.2) is 6.54 Å². The molecule has 0 aliphatic heterocycles. The molecule has 1 aromatic rings. The van der Waals surface area contributed by atoms with E-state index in [1.54, 1.807) is 11.3 Å². The first-order chi connectivity index (χ1) is 6.25. The molecule has 0 aliphatic carbocycles. The Morgan fingerprint density at radius 3 is 2.64 bits per heavy atom. The van der Waals surface area contributed by atoms with Gasteiger partial charge in [-0.3, -0.25) is 0 Å². The maximum Gasteiger partial charge on any atom is 0.0392 e. The zero-order chi connectivity index (χ0) is 9.68. The molecule has 1 rings (SSSR count). The molecule has 0 saturated heterocycles. The van der Waals surface area contributed by atoms with E-state index in [2.05, 4.69) is 18.4 Å². The molecule has 1 atom stereocenters. The molecule has 0 bridgehead atoms. The van der Waals surface area contributed by atoms with Gasteiger partial charge in [-0.15, -0.1) is 23.7 Å². The third kappa shape index (κ3) is 3.96. The second kappa shape index (κ2) is 7.23. The second-order valence-corrected chi connectivity index (χ2v) is 4.31. The summed E-state index contributed by atoms with van der Waals surface area (Å²) in [5.41, 5.74) is 12.8. The minimum atomic E-state index is 0. The fraction of sp³-hybridized carbons (Fsp3) is 0.600. The van der Waals surface area contributed by atoms with Crippen LogP contribution >= 0.6 is 23.7 Å². The first-order valence-corrected chi connectivity index (χ1v) is 5.63. The van der Waals surface area contributed by atoms with Crippen molar-refractivity contribution in [1.29, 1.82) is 0 Å². The highest BCUT2D eigenvalue weighted by molar-refractivity contribution is 7.10. The van der Waals surface area contributed by atoms with Crippen LogP contribution in [0.4, 0.5) is 0 Å². The van der Waals surface area contributed by atoms with Crippen molar-refractivity contribution in [2.24, 2.45) is 11.5 Å². The van der Waals surface area contributed by atoms with Crippen LogP contribution in [0, 0.1) is 6.92 Å². The van der Waals surface area contributed by atoms with Crippen molar-refractivity contribution in [3.63, 3.8) is 0 Å². The Morgan fingerprint density at radius 2 is 2.14 bits per heavy atom. The molecule has 0 saturated carbocycles. The lowest BCUT2D eigenvalue weighted by Crippen LogP contribution is -2.10. The summed E-state index contributed by atoms with van der Waals surface area (Å²) < 4.78 is 0. The molecule has 0 aliphatic rings. The fourth-order valence-electron chi connectivity index (χ4n) is 1.40. The normalized spacial score (nSPS) is 12.2. The highest BCUT2D eigenvalue weighted by Gasteiger charge is 2.09. The van der Waals surface area contributed by atoms with Crippen LogP contribution in [0.15, 0.2) is 11.4 Å². The van der Waals surface area contributed by atoms with Gasteiger partial charge in [0.25, 0.3) is 0 Å². The summed E-state index contributed by atoms with van der Waals surface area (Å²) in [6.45, 7) is 2.89. The van der Waals surface area contributed by atoms with E-state index in [0.717, 1.165) is 25.8 Å². The molecular weight excluding hydrogens is 216 g/mol. The number of thiophene rings is 1. The molecule has 4 heteroatoms. The van der Waals surface area contributed by atoms with Crippen molar-refractivity contribution in [1.82, 2.24) is 0 Å². The largest absolute Gasteiger partial charge is 0.330 e. The number of aryl methyl sites for hydroxylation is 1. The number of nitrogens with two attached hydrogens (primary N) is 2. The average Bonchev–Trinajstić information content (AvgIpc) is 2.52. The molecule has 2 nitrogen and oxygen atoms in total. The quantitative estimate of drug-likeness (QED) is 0.770. The van der Waals surface area contributed by atoms with Gasteiger partial charge in [-0.05, 0) is 43.3 Å². The van der Waals surface area contributed by atoms with Crippen molar-refractivity contribution in [2.45, 2.75) is 32.2 Å². The van der Waals surface area contributed by atoms with Gasteiger partial charge in [0.2, 0.25) is 0 Å². The summed E-state index contributed by atoms with van der Waals surface area (Å²) in [7, 11) is 0. The molecule has 0 spiro atoms. The lowest BCUT2D eigenvalue weighted by molar-refractivity contribution is 0.596. The molecule has 0 aromatic carbocycles. The van der Waals surface area contributed by atoms with E-state index in [1.807, 2.05) is 0 Å². The summed E-state index contributed by atoms with van der Waals surface area (Å²) in [4.78, 5) is 1.33. The SMILES string of the molecule is Cc1ccsc1[C@H](N)CCCCN.Cl. The Balaban J connectivity index is 0.00000169. The van der Waals surface area contributed by atoms with E-state index in [-0.39, 0.29) is 18.4 Å². The Bertz CT molecular complexity index is 250. The summed E-state index contributed by atoms with van der Waals surface area (Å²) in [6, 6.07) is 2.34. The van der Waals surface area contributed by atoms with Crippen LogP contribution in [0.25, 0.3) is 0 Å². The summed E-state index contributed by atoms with van der Waals surface area (Å²) in [5, 5.41) is 2.10. The van der Waals surface area contributed by atoms with Crippen molar-refractivity contribution in [2.75, 3.05) is 6.54 Å². The molecule has 1 aromatic heterocycles. The molecule has 1 heterocycles. The summed E-state index contributed by atoms with van der Waals surface area (Å²) >= 11 is 1.76. The van der Waals surface area contributed by atoms with E-state index in [4.69, 9.17) is 11.5 Å². The second-order valence-electron chi connectivity index (χ2n) is 3.36. The maximum atomic E-state index is 6.05. The maximum absolute atomic E-state index is 6.05. The number of hydrogen-bond acceptors (Lipinski definition) is 3. The average molecular weight is 235 g/mol. The zero-order valence-corrected chi connectivity index (χ0v) is 10.2. The van der Waals surface area contributed by atoms with Gasteiger partial charge in [-0.2, -0.15) is 0 Å². The lowest BCUT2D eigenvalue weighted by atomic mass is 10.1. The smallest absolute Gasteiger partial charge is 0.0392 e. The van der Waals surface area contributed by atoms with E-state index in [9.17, 15) is 0 Å². The molecule has 14 heavy (non-hydrogen) atoms. The van der Waals surface area contributed by atoms with Crippen LogP contribution in [-0.2, 0) is 0 Å². The number of unbranched alkanes of at least 4 members (excludes halogenated alkanes) is 1. The fourth-order valence-corrected chi connectivity index (χ4v) is 2.37. The van der Waals surface area contributed by atoms with Crippen molar-refractivity contribution >= 4 is 23.7 Å². The van der Waals surface area contributed by atoms with Gasteiger partial charge in [0, 0.05) is 10.9 Å². The summed E-state index contributed by atoms with van der Waals surface area (Å²) in [6.07, 6.45) is 3.27.